The number of aliphatic hydroxyl groups is 1. The summed E-state index contributed by atoms with van der Waals surface area (Å²) < 4.78 is 10.5. The third kappa shape index (κ3) is 6.20. The third-order valence-electron chi connectivity index (χ3n) is 2.51. The Balaban J connectivity index is 2.70. The lowest BCUT2D eigenvalue weighted by Crippen LogP contribution is -2.57. The number of carbonyl (C=O) groups excluding carboxylic acids is 2. The van der Waals surface area contributed by atoms with Crippen molar-refractivity contribution in [2.75, 3.05) is 19.8 Å². The number of amides is 2. The molecule has 0 aromatic carbocycles. The largest absolute Gasteiger partial charge is 0.444 e. The van der Waals surface area contributed by atoms with E-state index in [0.717, 1.165) is 0 Å². The van der Waals surface area contributed by atoms with Gasteiger partial charge >= 0.3 is 12.2 Å². The Morgan fingerprint density at radius 3 is 1.52 bits per heavy atom. The summed E-state index contributed by atoms with van der Waals surface area (Å²) in [7, 11) is 0. The Morgan fingerprint density at radius 1 is 0.905 bits per heavy atom. The van der Waals surface area contributed by atoms with Crippen molar-refractivity contribution in [3.8, 4) is 0 Å². The van der Waals surface area contributed by atoms with Gasteiger partial charge < -0.3 is 14.6 Å². The van der Waals surface area contributed by atoms with E-state index in [1.165, 1.54) is 9.80 Å². The van der Waals surface area contributed by atoms with Gasteiger partial charge in [-0.3, -0.25) is 9.80 Å². The molecule has 2 amide bonds. The molecule has 1 heterocycles. The van der Waals surface area contributed by atoms with Gasteiger partial charge in [0.2, 0.25) is 0 Å². The molecule has 1 saturated heterocycles. The fourth-order valence-corrected chi connectivity index (χ4v) is 1.81. The number of rotatable bonds is 0. The topological polar surface area (TPSA) is 79.3 Å². The van der Waals surface area contributed by atoms with Crippen LogP contribution in [0.25, 0.3) is 0 Å². The van der Waals surface area contributed by atoms with E-state index in [4.69, 9.17) is 9.47 Å². The molecule has 21 heavy (non-hydrogen) atoms. The van der Waals surface area contributed by atoms with E-state index >= 15 is 0 Å². The van der Waals surface area contributed by atoms with Gasteiger partial charge in [-0.1, -0.05) is 0 Å². The van der Waals surface area contributed by atoms with Gasteiger partial charge in [0.1, 0.15) is 17.9 Å². The Labute approximate surface area is 125 Å². The van der Waals surface area contributed by atoms with Gasteiger partial charge in [-0.05, 0) is 41.5 Å². The van der Waals surface area contributed by atoms with E-state index in [-0.39, 0.29) is 19.8 Å². The van der Waals surface area contributed by atoms with Crippen LogP contribution in [-0.4, -0.2) is 64.2 Å². The maximum atomic E-state index is 12.0. The summed E-state index contributed by atoms with van der Waals surface area (Å²) in [4.78, 5) is 26.6. The minimum Gasteiger partial charge on any atom is -0.444 e. The van der Waals surface area contributed by atoms with E-state index in [1.54, 1.807) is 41.5 Å². The van der Waals surface area contributed by atoms with Crippen LogP contribution in [0.1, 0.15) is 41.5 Å². The molecule has 0 aromatic heterocycles. The van der Waals surface area contributed by atoms with Crippen molar-refractivity contribution in [2.24, 2.45) is 0 Å². The minimum absolute atomic E-state index is 0.0425. The fraction of sp³-hybridized carbons (Fsp3) is 0.857. The average Bonchev–Trinajstić information content (AvgIpc) is 2.23. The molecule has 0 aliphatic carbocycles. The van der Waals surface area contributed by atoms with Crippen molar-refractivity contribution in [3.05, 3.63) is 0 Å². The number of β-amino-alcohol motifs (C(OH)–C–C–N with tert-alkyl or cyclic N) is 1. The molecule has 0 aromatic rings. The van der Waals surface area contributed by atoms with Crippen LogP contribution in [0.15, 0.2) is 0 Å². The lowest BCUT2D eigenvalue weighted by Gasteiger charge is -2.39. The number of hydrogen-bond acceptors (Lipinski definition) is 5. The highest BCUT2D eigenvalue weighted by Crippen LogP contribution is 2.16. The van der Waals surface area contributed by atoms with Gasteiger partial charge in [-0.2, -0.15) is 0 Å². The third-order valence-corrected chi connectivity index (χ3v) is 2.51. The van der Waals surface area contributed by atoms with Crippen molar-refractivity contribution in [1.29, 1.82) is 0 Å². The zero-order chi connectivity index (χ0) is 16.4. The normalized spacial score (nSPS) is 17.7. The quantitative estimate of drug-likeness (QED) is 0.738. The van der Waals surface area contributed by atoms with Gasteiger partial charge in [0.15, 0.2) is 0 Å². The first-order valence-electron chi connectivity index (χ1n) is 7.01. The van der Waals surface area contributed by atoms with Gasteiger partial charge in [0.25, 0.3) is 0 Å². The van der Waals surface area contributed by atoms with E-state index in [1.807, 2.05) is 0 Å². The predicted octanol–water partition coefficient (Wildman–Crippen LogP) is 1.79. The predicted molar refractivity (Wildman–Crippen MR) is 76.8 cm³/mol. The molecule has 1 rings (SSSR count). The van der Waals surface area contributed by atoms with Crippen LogP contribution in [0.4, 0.5) is 9.59 Å². The summed E-state index contributed by atoms with van der Waals surface area (Å²) in [5, 5.41) is 9.85. The monoisotopic (exact) mass is 302 g/mol. The maximum Gasteiger partial charge on any atom is 0.411 e. The van der Waals surface area contributed by atoms with Crippen molar-refractivity contribution >= 4 is 12.2 Å². The number of nitrogens with zero attached hydrogens (tertiary/aromatic N) is 2. The molecule has 0 bridgehead atoms. The molecule has 0 saturated carbocycles. The zero-order valence-electron chi connectivity index (χ0n) is 13.7. The summed E-state index contributed by atoms with van der Waals surface area (Å²) in [6.45, 7) is 10.9. The summed E-state index contributed by atoms with van der Waals surface area (Å²) >= 11 is 0. The SMILES string of the molecule is CC(C)(C)OC(=O)N1CC(O)CN(C(=O)OC(C)(C)C)C1. The second-order valence-corrected chi connectivity index (χ2v) is 7.20. The second kappa shape index (κ2) is 6.09. The Bertz CT molecular complexity index is 361. The Hall–Kier alpha value is -1.50. The maximum absolute atomic E-state index is 12.0. The summed E-state index contributed by atoms with van der Waals surface area (Å²) in [6.07, 6.45) is -1.94. The van der Waals surface area contributed by atoms with Crippen LogP contribution in [0.2, 0.25) is 0 Å². The van der Waals surface area contributed by atoms with Crippen LogP contribution in [0, 0.1) is 0 Å². The molecule has 1 fully saturated rings. The average molecular weight is 302 g/mol. The van der Waals surface area contributed by atoms with E-state index in [2.05, 4.69) is 0 Å². The summed E-state index contributed by atoms with van der Waals surface area (Å²) in [6, 6.07) is 0. The molecule has 1 aliphatic heterocycles. The molecule has 1 N–H and O–H groups in total. The Morgan fingerprint density at radius 2 is 1.24 bits per heavy atom. The zero-order valence-corrected chi connectivity index (χ0v) is 13.7. The lowest BCUT2D eigenvalue weighted by molar-refractivity contribution is -0.0414. The van der Waals surface area contributed by atoms with Crippen molar-refractivity contribution in [3.63, 3.8) is 0 Å². The molecule has 0 spiro atoms. The molecular formula is C14H26N2O5. The standard InChI is InChI=1S/C14H26N2O5/c1-13(2,3)20-11(18)15-7-10(17)8-16(9-15)12(19)21-14(4,5)6/h10,17H,7-9H2,1-6H3. The highest BCUT2D eigenvalue weighted by molar-refractivity contribution is 5.71. The van der Waals surface area contributed by atoms with E-state index in [9.17, 15) is 14.7 Å². The first-order valence-corrected chi connectivity index (χ1v) is 7.01. The van der Waals surface area contributed by atoms with Gasteiger partial charge in [-0.25, -0.2) is 9.59 Å². The van der Waals surface area contributed by atoms with Crippen molar-refractivity contribution in [1.82, 2.24) is 9.80 Å². The molecule has 0 atom stereocenters. The van der Waals surface area contributed by atoms with Crippen LogP contribution in [0.5, 0.6) is 0 Å². The molecular weight excluding hydrogens is 276 g/mol. The molecule has 1 aliphatic rings. The second-order valence-electron chi connectivity index (χ2n) is 7.20. The number of hydrogen-bond donors (Lipinski definition) is 1. The first-order chi connectivity index (χ1) is 9.37. The van der Waals surface area contributed by atoms with Crippen molar-refractivity contribution in [2.45, 2.75) is 58.8 Å². The molecule has 7 nitrogen and oxygen atoms in total. The van der Waals surface area contributed by atoms with Gasteiger partial charge in [0, 0.05) is 0 Å². The minimum atomic E-state index is -0.821. The van der Waals surface area contributed by atoms with E-state index < -0.39 is 29.5 Å². The van der Waals surface area contributed by atoms with Gasteiger partial charge in [0.05, 0.1) is 19.2 Å². The number of carbonyl (C=O) groups is 2. The van der Waals surface area contributed by atoms with Crippen LogP contribution in [-0.2, 0) is 9.47 Å². The van der Waals surface area contributed by atoms with E-state index in [0.29, 0.717) is 0 Å². The lowest BCUT2D eigenvalue weighted by atomic mass is 10.2. The van der Waals surface area contributed by atoms with Crippen LogP contribution >= 0.6 is 0 Å². The summed E-state index contributed by atoms with van der Waals surface area (Å²) in [5.74, 6) is 0. The number of ether oxygens (including phenoxy) is 2. The van der Waals surface area contributed by atoms with Crippen LogP contribution < -0.4 is 0 Å². The van der Waals surface area contributed by atoms with Crippen molar-refractivity contribution < 1.29 is 24.2 Å². The highest BCUT2D eigenvalue weighted by Gasteiger charge is 2.34. The first kappa shape index (κ1) is 17.6. The molecule has 122 valence electrons. The molecule has 7 heteroatoms. The van der Waals surface area contributed by atoms with Gasteiger partial charge in [-0.15, -0.1) is 0 Å². The highest BCUT2D eigenvalue weighted by atomic mass is 16.6. The number of aliphatic hydroxyl groups excluding tert-OH is 1. The smallest absolute Gasteiger partial charge is 0.411 e. The fourth-order valence-electron chi connectivity index (χ4n) is 1.81. The molecule has 0 unspecified atom stereocenters. The molecule has 0 radical (unpaired) electrons. The van der Waals surface area contributed by atoms with Crippen LogP contribution in [0.3, 0.4) is 0 Å². The Kier molecular flexibility index (Phi) is 5.09. The summed E-state index contributed by atoms with van der Waals surface area (Å²) in [5.41, 5.74) is -1.26.